The Kier molecular flexibility index (Phi) is 4.76. The van der Waals surface area contributed by atoms with Crippen LogP contribution in [-0.4, -0.2) is 27.7 Å². The van der Waals surface area contributed by atoms with Crippen LogP contribution in [0.15, 0.2) is 47.5 Å². The first-order chi connectivity index (χ1) is 12.5. The molecule has 1 aliphatic rings. The summed E-state index contributed by atoms with van der Waals surface area (Å²) < 4.78 is 2.84. The minimum absolute atomic E-state index is 0.342. The Morgan fingerprint density at radius 3 is 2.54 bits per heavy atom. The number of aromatic hydroxyl groups is 1. The zero-order valence-corrected chi connectivity index (χ0v) is 19.7. The van der Waals surface area contributed by atoms with Gasteiger partial charge in [0.25, 0.3) is 0 Å². The molecule has 2 aromatic carbocycles. The molecule has 0 radical (unpaired) electrons. The molecule has 1 aliphatic heterocycles. The van der Waals surface area contributed by atoms with Crippen molar-refractivity contribution < 1.29 is 5.11 Å². The van der Waals surface area contributed by atoms with Gasteiger partial charge in [0.2, 0.25) is 0 Å². The first-order valence-electron chi connectivity index (χ1n) is 8.80. The number of fused-ring (bicyclic) bond motifs is 2. The minimum atomic E-state index is -2.02. The summed E-state index contributed by atoms with van der Waals surface area (Å²) in [7, 11) is -2.02. The van der Waals surface area contributed by atoms with Gasteiger partial charge in [0, 0.05) is 0 Å². The SMILES string of the molecule is C=c1ccc2c(c1-c1ccc(I)[se]1)[Si](CC)(CC)c1cc(O)ccc1N=2. The van der Waals surface area contributed by atoms with Crippen molar-refractivity contribution in [3.05, 3.63) is 55.5 Å². The number of rotatable bonds is 3. The van der Waals surface area contributed by atoms with Crippen LogP contribution < -0.4 is 20.9 Å². The van der Waals surface area contributed by atoms with Gasteiger partial charge in [-0.05, 0) is 0 Å². The molecule has 2 nitrogen and oxygen atoms in total. The fourth-order valence-electron chi connectivity index (χ4n) is 4.20. The molecule has 0 unspecified atom stereocenters. The average molecular weight is 536 g/mol. The Balaban J connectivity index is 2.18. The predicted octanol–water partition coefficient (Wildman–Crippen LogP) is 3.00. The van der Waals surface area contributed by atoms with E-state index in [-0.39, 0.29) is 0 Å². The monoisotopic (exact) mass is 537 g/mol. The number of hydrogen-bond acceptors (Lipinski definition) is 2. The third-order valence-corrected chi connectivity index (χ3v) is 14.2. The van der Waals surface area contributed by atoms with Crippen LogP contribution in [0.4, 0.5) is 5.69 Å². The van der Waals surface area contributed by atoms with E-state index in [4.69, 9.17) is 4.99 Å². The molecule has 2 heterocycles. The van der Waals surface area contributed by atoms with Gasteiger partial charge < -0.3 is 0 Å². The molecule has 0 spiro atoms. The summed E-state index contributed by atoms with van der Waals surface area (Å²) in [6.45, 7) is 8.98. The van der Waals surface area contributed by atoms with Gasteiger partial charge in [-0.15, -0.1) is 0 Å². The maximum atomic E-state index is 10.2. The van der Waals surface area contributed by atoms with Gasteiger partial charge in [-0.1, -0.05) is 0 Å². The third-order valence-electron chi connectivity index (χ3n) is 5.51. The van der Waals surface area contributed by atoms with Gasteiger partial charge in [0.1, 0.15) is 0 Å². The van der Waals surface area contributed by atoms with Gasteiger partial charge in [-0.2, -0.15) is 0 Å². The second-order valence-corrected chi connectivity index (χ2v) is 16.4. The van der Waals surface area contributed by atoms with E-state index in [1.807, 2.05) is 12.1 Å². The number of nitrogens with zero attached hydrogens (tertiary/aromatic N) is 1. The second-order valence-electron chi connectivity index (χ2n) is 6.70. The molecule has 0 fully saturated rings. The van der Waals surface area contributed by atoms with Crippen molar-refractivity contribution in [3.8, 4) is 15.8 Å². The fourth-order valence-corrected chi connectivity index (χ4v) is 12.2. The molecule has 0 amide bonds. The van der Waals surface area contributed by atoms with E-state index in [1.165, 1.54) is 22.8 Å². The van der Waals surface area contributed by atoms with Crippen LogP contribution in [0.5, 0.6) is 5.75 Å². The Labute approximate surface area is 174 Å². The zero-order valence-electron chi connectivity index (χ0n) is 14.8. The summed E-state index contributed by atoms with van der Waals surface area (Å²) in [6.07, 6.45) is 0. The number of hydrogen-bond donors (Lipinski definition) is 1. The van der Waals surface area contributed by atoms with E-state index in [0.717, 1.165) is 28.4 Å². The van der Waals surface area contributed by atoms with Crippen LogP contribution in [0, 0.1) is 2.44 Å². The van der Waals surface area contributed by atoms with Crippen molar-refractivity contribution in [3.63, 3.8) is 0 Å². The van der Waals surface area contributed by atoms with E-state index in [2.05, 4.69) is 67.3 Å². The Morgan fingerprint density at radius 2 is 1.88 bits per heavy atom. The molecule has 4 rings (SSSR count). The van der Waals surface area contributed by atoms with Crippen LogP contribution in [0.3, 0.4) is 0 Å². The zero-order chi connectivity index (χ0) is 18.5. The molecule has 0 bridgehead atoms. The van der Waals surface area contributed by atoms with Crippen molar-refractivity contribution in [2.24, 2.45) is 4.99 Å². The summed E-state index contributed by atoms with van der Waals surface area (Å²) in [5.41, 5.74) is 2.37. The van der Waals surface area contributed by atoms with Gasteiger partial charge in [-0.3, -0.25) is 0 Å². The van der Waals surface area contributed by atoms with E-state index in [0.29, 0.717) is 20.3 Å². The number of phenolic OH excluding ortho intramolecular Hbond substituents is 1. The number of halogens is 1. The van der Waals surface area contributed by atoms with Gasteiger partial charge >= 0.3 is 175 Å². The van der Waals surface area contributed by atoms with Crippen LogP contribution in [-0.2, 0) is 0 Å². The molecule has 0 atom stereocenters. The van der Waals surface area contributed by atoms with Crippen LogP contribution in [0.1, 0.15) is 13.8 Å². The van der Waals surface area contributed by atoms with Crippen molar-refractivity contribution >= 4 is 67.8 Å². The fraction of sp³-hybridized carbons (Fsp3) is 0.190. The maximum absolute atomic E-state index is 10.2. The molecule has 0 saturated heterocycles. The van der Waals surface area contributed by atoms with E-state index < -0.39 is 8.07 Å². The Hall–Kier alpha value is -1.14. The molecule has 26 heavy (non-hydrogen) atoms. The molecular formula is C21H20INOSeSi. The van der Waals surface area contributed by atoms with Crippen LogP contribution >= 0.6 is 22.6 Å². The summed E-state index contributed by atoms with van der Waals surface area (Å²) in [5.74, 6) is 0.342. The van der Waals surface area contributed by atoms with Crippen molar-refractivity contribution in [2.45, 2.75) is 25.9 Å². The van der Waals surface area contributed by atoms with Crippen molar-refractivity contribution in [1.29, 1.82) is 0 Å². The summed E-state index contributed by atoms with van der Waals surface area (Å²) in [4.78, 5) is 4.99. The predicted molar refractivity (Wildman–Crippen MR) is 122 cm³/mol. The number of benzene rings is 2. The molecule has 5 heteroatoms. The second kappa shape index (κ2) is 6.79. The first-order valence-corrected chi connectivity index (χ1v) is 14.0. The topological polar surface area (TPSA) is 32.6 Å². The molecule has 3 aromatic rings. The quantitative estimate of drug-likeness (QED) is 0.406. The molecule has 0 saturated carbocycles. The van der Waals surface area contributed by atoms with Crippen molar-refractivity contribution in [1.82, 2.24) is 0 Å². The standard InChI is InChI=1S/C21H20INOSeSi/c1-4-26(5-2)18-12-14(24)7-9-15(18)23-16-8-6-13(3)20(21(16)26)17-10-11-19(22)25-17/h6-12,24H,3-5H2,1-2H3. The first kappa shape index (κ1) is 18.2. The normalized spacial score (nSPS) is 14.4. The van der Waals surface area contributed by atoms with Gasteiger partial charge in [0.05, 0.1) is 0 Å². The summed E-state index contributed by atoms with van der Waals surface area (Å²) >= 11 is 2.79. The Morgan fingerprint density at radius 1 is 1.12 bits per heavy atom. The molecule has 1 N–H and O–H groups in total. The van der Waals surface area contributed by atoms with E-state index in [1.54, 1.807) is 6.07 Å². The molecular weight excluding hydrogens is 516 g/mol. The molecule has 0 aliphatic carbocycles. The molecule has 132 valence electrons. The summed E-state index contributed by atoms with van der Waals surface area (Å²) in [6, 6.07) is 16.7. The van der Waals surface area contributed by atoms with Gasteiger partial charge in [-0.25, -0.2) is 0 Å². The number of phenols is 1. The van der Waals surface area contributed by atoms with E-state index in [9.17, 15) is 5.11 Å². The molecule has 1 aromatic heterocycles. The van der Waals surface area contributed by atoms with Crippen molar-refractivity contribution in [2.75, 3.05) is 0 Å². The summed E-state index contributed by atoms with van der Waals surface area (Å²) in [5, 5.41) is 15.1. The van der Waals surface area contributed by atoms with Crippen LogP contribution in [0.2, 0.25) is 12.1 Å². The Bertz CT molecular complexity index is 1120. The van der Waals surface area contributed by atoms with Crippen LogP contribution in [0.25, 0.3) is 16.6 Å². The van der Waals surface area contributed by atoms with Gasteiger partial charge in [0.15, 0.2) is 0 Å². The van der Waals surface area contributed by atoms with E-state index >= 15 is 0 Å². The average Bonchev–Trinajstić information content (AvgIpc) is 3.06. The third kappa shape index (κ3) is 2.68.